The van der Waals surface area contributed by atoms with Crippen molar-refractivity contribution in [1.29, 1.82) is 0 Å². The van der Waals surface area contributed by atoms with E-state index in [1.807, 2.05) is 18.7 Å². The Morgan fingerprint density at radius 3 is 2.72 bits per heavy atom. The molecule has 1 saturated heterocycles. The van der Waals surface area contributed by atoms with Crippen molar-refractivity contribution >= 4 is 11.9 Å². The van der Waals surface area contributed by atoms with Gasteiger partial charge in [-0.2, -0.15) is 0 Å². The standard InChI is InChI=1S/C14H25NO3/c1-4-7-11(3)13(16)15-9-6-8-12(10-15)14(17)18-5-2/h11-12H,4-10H2,1-3H3. The van der Waals surface area contributed by atoms with Crippen LogP contribution in [-0.4, -0.2) is 36.5 Å². The number of esters is 1. The molecule has 18 heavy (non-hydrogen) atoms. The maximum atomic E-state index is 12.2. The molecule has 1 aliphatic rings. The number of likely N-dealkylation sites (tertiary alicyclic amines) is 1. The smallest absolute Gasteiger partial charge is 0.310 e. The Morgan fingerprint density at radius 2 is 2.11 bits per heavy atom. The first-order valence-electron chi connectivity index (χ1n) is 7.05. The van der Waals surface area contributed by atoms with E-state index in [0.29, 0.717) is 13.2 Å². The van der Waals surface area contributed by atoms with Crippen LogP contribution in [0.3, 0.4) is 0 Å². The Balaban J connectivity index is 2.52. The molecule has 0 aliphatic carbocycles. The molecule has 4 heteroatoms. The summed E-state index contributed by atoms with van der Waals surface area (Å²) in [4.78, 5) is 25.7. The third-order valence-electron chi connectivity index (χ3n) is 3.50. The molecule has 0 aromatic carbocycles. The lowest BCUT2D eigenvalue weighted by atomic mass is 9.96. The molecule has 1 heterocycles. The third-order valence-corrected chi connectivity index (χ3v) is 3.50. The van der Waals surface area contributed by atoms with E-state index < -0.39 is 0 Å². The van der Waals surface area contributed by atoms with Crippen LogP contribution in [0.2, 0.25) is 0 Å². The molecule has 0 aromatic rings. The molecule has 0 saturated carbocycles. The van der Waals surface area contributed by atoms with Gasteiger partial charge in [-0.3, -0.25) is 9.59 Å². The van der Waals surface area contributed by atoms with Crippen LogP contribution in [0.4, 0.5) is 0 Å². The lowest BCUT2D eigenvalue weighted by molar-refractivity contribution is -0.151. The van der Waals surface area contributed by atoms with Crippen molar-refractivity contribution in [2.45, 2.75) is 46.5 Å². The largest absolute Gasteiger partial charge is 0.466 e. The molecule has 4 nitrogen and oxygen atoms in total. The molecule has 0 spiro atoms. The predicted octanol–water partition coefficient (Wildman–Crippen LogP) is 2.22. The van der Waals surface area contributed by atoms with Crippen LogP contribution in [0.25, 0.3) is 0 Å². The molecule has 1 fully saturated rings. The molecular weight excluding hydrogens is 230 g/mol. The van der Waals surface area contributed by atoms with Crippen LogP contribution in [0.15, 0.2) is 0 Å². The van der Waals surface area contributed by atoms with Crippen molar-refractivity contribution in [1.82, 2.24) is 4.90 Å². The minimum atomic E-state index is -0.154. The lowest BCUT2D eigenvalue weighted by Gasteiger charge is -2.33. The Labute approximate surface area is 110 Å². The van der Waals surface area contributed by atoms with Crippen LogP contribution in [0.5, 0.6) is 0 Å². The van der Waals surface area contributed by atoms with Gasteiger partial charge in [-0.05, 0) is 26.2 Å². The summed E-state index contributed by atoms with van der Waals surface area (Å²) in [5.41, 5.74) is 0. The Bertz CT molecular complexity index is 291. The highest BCUT2D eigenvalue weighted by atomic mass is 16.5. The summed E-state index contributed by atoms with van der Waals surface area (Å²) in [7, 11) is 0. The van der Waals surface area contributed by atoms with Gasteiger partial charge in [0.15, 0.2) is 0 Å². The number of ether oxygens (including phenoxy) is 1. The maximum Gasteiger partial charge on any atom is 0.310 e. The molecule has 1 amide bonds. The van der Waals surface area contributed by atoms with E-state index in [0.717, 1.165) is 32.2 Å². The second kappa shape index (κ2) is 7.39. The zero-order valence-electron chi connectivity index (χ0n) is 11.8. The van der Waals surface area contributed by atoms with Gasteiger partial charge in [-0.25, -0.2) is 0 Å². The number of rotatable bonds is 5. The van der Waals surface area contributed by atoms with Crippen molar-refractivity contribution in [2.75, 3.05) is 19.7 Å². The summed E-state index contributed by atoms with van der Waals surface area (Å²) in [6.45, 7) is 7.60. The van der Waals surface area contributed by atoms with E-state index in [1.165, 1.54) is 0 Å². The van der Waals surface area contributed by atoms with Crippen molar-refractivity contribution < 1.29 is 14.3 Å². The fourth-order valence-electron chi connectivity index (χ4n) is 2.50. The number of amides is 1. The summed E-state index contributed by atoms with van der Waals surface area (Å²) >= 11 is 0. The SMILES string of the molecule is CCCC(C)C(=O)N1CCCC(C(=O)OCC)C1. The summed E-state index contributed by atoms with van der Waals surface area (Å²) in [6.07, 6.45) is 3.67. The molecule has 0 bridgehead atoms. The number of hydrogen-bond acceptors (Lipinski definition) is 3. The van der Waals surface area contributed by atoms with Gasteiger partial charge in [-0.15, -0.1) is 0 Å². The normalized spacial score (nSPS) is 21.5. The predicted molar refractivity (Wildman–Crippen MR) is 70.0 cm³/mol. The second-order valence-corrected chi connectivity index (χ2v) is 5.07. The van der Waals surface area contributed by atoms with Crippen molar-refractivity contribution in [3.8, 4) is 0 Å². The maximum absolute atomic E-state index is 12.2. The number of carbonyl (C=O) groups excluding carboxylic acids is 2. The van der Waals surface area contributed by atoms with E-state index in [2.05, 4.69) is 6.92 Å². The fraction of sp³-hybridized carbons (Fsp3) is 0.857. The average Bonchev–Trinajstić information content (AvgIpc) is 2.38. The summed E-state index contributed by atoms with van der Waals surface area (Å²) in [5.74, 6) is -0.0311. The van der Waals surface area contributed by atoms with Crippen LogP contribution in [0.1, 0.15) is 46.5 Å². The Morgan fingerprint density at radius 1 is 1.39 bits per heavy atom. The molecular formula is C14H25NO3. The minimum absolute atomic E-state index is 0.0657. The zero-order valence-corrected chi connectivity index (χ0v) is 11.8. The van der Waals surface area contributed by atoms with Gasteiger partial charge in [0, 0.05) is 19.0 Å². The highest BCUT2D eigenvalue weighted by Crippen LogP contribution is 2.20. The number of nitrogens with zero attached hydrogens (tertiary/aromatic N) is 1. The first kappa shape index (κ1) is 15.0. The molecule has 1 aliphatic heterocycles. The summed E-state index contributed by atoms with van der Waals surface area (Å²) in [5, 5.41) is 0. The molecule has 0 N–H and O–H groups in total. The van der Waals surface area contributed by atoms with Crippen LogP contribution in [0, 0.1) is 11.8 Å². The van der Waals surface area contributed by atoms with Gasteiger partial charge < -0.3 is 9.64 Å². The number of carbonyl (C=O) groups is 2. The second-order valence-electron chi connectivity index (χ2n) is 5.07. The van der Waals surface area contributed by atoms with Crippen LogP contribution in [-0.2, 0) is 14.3 Å². The molecule has 2 unspecified atom stereocenters. The average molecular weight is 255 g/mol. The van der Waals surface area contributed by atoms with Crippen molar-refractivity contribution in [3.05, 3.63) is 0 Å². The Hall–Kier alpha value is -1.06. The molecule has 0 aromatic heterocycles. The summed E-state index contributed by atoms with van der Waals surface area (Å²) < 4.78 is 5.04. The molecule has 1 rings (SSSR count). The number of hydrogen-bond donors (Lipinski definition) is 0. The highest BCUT2D eigenvalue weighted by Gasteiger charge is 2.30. The Kier molecular flexibility index (Phi) is 6.16. The summed E-state index contributed by atoms with van der Waals surface area (Å²) in [6, 6.07) is 0. The van der Waals surface area contributed by atoms with Gasteiger partial charge in [0.2, 0.25) is 5.91 Å². The first-order chi connectivity index (χ1) is 8.60. The van der Waals surface area contributed by atoms with Gasteiger partial charge in [0.05, 0.1) is 12.5 Å². The minimum Gasteiger partial charge on any atom is -0.466 e. The monoisotopic (exact) mass is 255 g/mol. The van der Waals surface area contributed by atoms with E-state index in [4.69, 9.17) is 4.74 Å². The van der Waals surface area contributed by atoms with Gasteiger partial charge in [0.1, 0.15) is 0 Å². The first-order valence-corrected chi connectivity index (χ1v) is 7.05. The van der Waals surface area contributed by atoms with Gasteiger partial charge >= 0.3 is 5.97 Å². The van der Waals surface area contributed by atoms with Crippen molar-refractivity contribution in [3.63, 3.8) is 0 Å². The lowest BCUT2D eigenvalue weighted by Crippen LogP contribution is -2.44. The molecule has 2 atom stereocenters. The molecule has 104 valence electrons. The van der Waals surface area contributed by atoms with E-state index in [9.17, 15) is 9.59 Å². The van der Waals surface area contributed by atoms with E-state index >= 15 is 0 Å². The van der Waals surface area contributed by atoms with Crippen molar-refractivity contribution in [2.24, 2.45) is 11.8 Å². The topological polar surface area (TPSA) is 46.6 Å². The zero-order chi connectivity index (χ0) is 13.5. The molecule has 0 radical (unpaired) electrons. The van der Waals surface area contributed by atoms with Crippen LogP contribution >= 0.6 is 0 Å². The van der Waals surface area contributed by atoms with E-state index in [-0.39, 0.29) is 23.7 Å². The van der Waals surface area contributed by atoms with Gasteiger partial charge in [-0.1, -0.05) is 20.3 Å². The third kappa shape index (κ3) is 4.00. The highest BCUT2D eigenvalue weighted by molar-refractivity contribution is 5.80. The number of piperidine rings is 1. The fourth-order valence-corrected chi connectivity index (χ4v) is 2.50. The van der Waals surface area contributed by atoms with E-state index in [1.54, 1.807) is 0 Å². The quantitative estimate of drug-likeness (QED) is 0.708. The van der Waals surface area contributed by atoms with Gasteiger partial charge in [0.25, 0.3) is 0 Å². The van der Waals surface area contributed by atoms with Crippen LogP contribution < -0.4 is 0 Å².